The quantitative estimate of drug-likeness (QED) is 0.874. The van der Waals surface area contributed by atoms with E-state index in [-0.39, 0.29) is 5.91 Å². The third kappa shape index (κ3) is 4.31. The molecule has 1 aliphatic rings. The third-order valence-corrected chi connectivity index (χ3v) is 4.46. The number of methoxy groups -OCH3 is 2. The van der Waals surface area contributed by atoms with Crippen LogP contribution in [0.15, 0.2) is 42.5 Å². The number of nitrogens with zero attached hydrogens (tertiary/aromatic N) is 1. The first-order valence-electron chi connectivity index (χ1n) is 8.54. The molecule has 5 heteroatoms. The Morgan fingerprint density at radius 1 is 1.00 bits per heavy atom. The molecular weight excluding hydrogens is 316 g/mol. The zero-order valence-electron chi connectivity index (χ0n) is 14.7. The molecule has 1 heterocycles. The number of nitrogens with one attached hydrogen (secondary N) is 1. The minimum Gasteiger partial charge on any atom is -0.493 e. The molecule has 0 radical (unpaired) electrons. The van der Waals surface area contributed by atoms with E-state index in [0.29, 0.717) is 22.7 Å². The maximum absolute atomic E-state index is 12.4. The van der Waals surface area contributed by atoms with Gasteiger partial charge in [-0.1, -0.05) is 12.1 Å². The fourth-order valence-electron chi connectivity index (χ4n) is 3.08. The highest BCUT2D eigenvalue weighted by Crippen LogP contribution is 2.29. The van der Waals surface area contributed by atoms with E-state index < -0.39 is 0 Å². The van der Waals surface area contributed by atoms with Crippen LogP contribution in [0.1, 0.15) is 28.8 Å². The Hall–Kier alpha value is -2.53. The molecule has 0 unspecified atom stereocenters. The second-order valence-electron chi connectivity index (χ2n) is 6.20. The molecule has 0 saturated carbocycles. The third-order valence-electron chi connectivity index (χ3n) is 4.46. The molecule has 2 aromatic rings. The summed E-state index contributed by atoms with van der Waals surface area (Å²) in [4.78, 5) is 14.9. The smallest absolute Gasteiger partial charge is 0.255 e. The van der Waals surface area contributed by atoms with Crippen LogP contribution < -0.4 is 14.8 Å². The lowest BCUT2D eigenvalue weighted by molar-refractivity contribution is 0.102. The molecule has 0 spiro atoms. The van der Waals surface area contributed by atoms with Gasteiger partial charge in [0.25, 0.3) is 5.91 Å². The van der Waals surface area contributed by atoms with Gasteiger partial charge in [0, 0.05) is 23.9 Å². The van der Waals surface area contributed by atoms with E-state index in [9.17, 15) is 4.79 Å². The Bertz CT molecular complexity index is 722. The lowest BCUT2D eigenvalue weighted by Gasteiger charge is -2.14. The van der Waals surface area contributed by atoms with E-state index >= 15 is 0 Å². The van der Waals surface area contributed by atoms with Crippen molar-refractivity contribution in [2.24, 2.45) is 0 Å². The minimum absolute atomic E-state index is 0.139. The van der Waals surface area contributed by atoms with Crippen molar-refractivity contribution < 1.29 is 14.3 Å². The Labute approximate surface area is 148 Å². The number of hydrogen-bond donors (Lipinski definition) is 1. The van der Waals surface area contributed by atoms with Crippen molar-refractivity contribution in [1.82, 2.24) is 4.90 Å². The highest BCUT2D eigenvalue weighted by molar-refractivity contribution is 6.04. The van der Waals surface area contributed by atoms with Gasteiger partial charge in [-0.3, -0.25) is 9.69 Å². The van der Waals surface area contributed by atoms with Gasteiger partial charge in [-0.05, 0) is 55.8 Å². The number of carbonyl (C=O) groups is 1. The maximum Gasteiger partial charge on any atom is 0.255 e. The monoisotopic (exact) mass is 340 g/mol. The van der Waals surface area contributed by atoms with Crippen LogP contribution in [0.25, 0.3) is 0 Å². The number of hydrogen-bond acceptors (Lipinski definition) is 4. The first-order chi connectivity index (χ1) is 12.2. The maximum atomic E-state index is 12.4. The highest BCUT2D eigenvalue weighted by Gasteiger charge is 2.13. The summed E-state index contributed by atoms with van der Waals surface area (Å²) in [7, 11) is 3.16. The van der Waals surface area contributed by atoms with E-state index in [4.69, 9.17) is 9.47 Å². The summed E-state index contributed by atoms with van der Waals surface area (Å²) in [5, 5.41) is 2.89. The number of ether oxygens (including phenoxy) is 2. The zero-order valence-corrected chi connectivity index (χ0v) is 14.7. The fraction of sp³-hybridized carbons (Fsp3) is 0.350. The van der Waals surface area contributed by atoms with E-state index in [1.54, 1.807) is 32.4 Å². The van der Waals surface area contributed by atoms with Gasteiger partial charge in [-0.15, -0.1) is 0 Å². The van der Waals surface area contributed by atoms with Crippen LogP contribution in [0.3, 0.4) is 0 Å². The van der Waals surface area contributed by atoms with Crippen molar-refractivity contribution >= 4 is 11.6 Å². The topological polar surface area (TPSA) is 50.8 Å². The molecule has 1 aliphatic heterocycles. The molecule has 25 heavy (non-hydrogen) atoms. The van der Waals surface area contributed by atoms with Crippen LogP contribution in [0, 0.1) is 0 Å². The summed E-state index contributed by atoms with van der Waals surface area (Å²) in [6, 6.07) is 13.1. The highest BCUT2D eigenvalue weighted by atomic mass is 16.5. The Balaban J connectivity index is 1.64. The Morgan fingerprint density at radius 3 is 2.32 bits per heavy atom. The summed E-state index contributed by atoms with van der Waals surface area (Å²) in [5.41, 5.74) is 2.55. The number of benzene rings is 2. The minimum atomic E-state index is -0.139. The molecule has 132 valence electrons. The second-order valence-corrected chi connectivity index (χ2v) is 6.20. The van der Waals surface area contributed by atoms with E-state index in [0.717, 1.165) is 6.54 Å². The van der Waals surface area contributed by atoms with Crippen molar-refractivity contribution in [3.05, 3.63) is 53.6 Å². The molecule has 0 aliphatic carbocycles. The van der Waals surface area contributed by atoms with Crippen LogP contribution in [0.2, 0.25) is 0 Å². The van der Waals surface area contributed by atoms with Crippen LogP contribution in [0.4, 0.5) is 5.69 Å². The largest absolute Gasteiger partial charge is 0.493 e. The standard InChI is InChI=1S/C20H24N2O3/c1-24-18-10-9-17(13-19(18)25-2)21-20(23)16-7-5-15(6-8-16)14-22-11-3-4-12-22/h5-10,13H,3-4,11-12,14H2,1-2H3,(H,21,23). The first kappa shape index (κ1) is 17.3. The molecule has 1 saturated heterocycles. The van der Waals surface area contributed by atoms with Crippen molar-refractivity contribution in [2.75, 3.05) is 32.6 Å². The molecule has 0 aromatic heterocycles. The predicted molar refractivity (Wildman–Crippen MR) is 98.5 cm³/mol. The predicted octanol–water partition coefficient (Wildman–Crippen LogP) is 3.55. The molecule has 2 aromatic carbocycles. The van der Waals surface area contributed by atoms with Gasteiger partial charge in [-0.25, -0.2) is 0 Å². The summed E-state index contributed by atoms with van der Waals surface area (Å²) in [6.45, 7) is 3.29. The van der Waals surface area contributed by atoms with E-state index in [2.05, 4.69) is 10.2 Å². The van der Waals surface area contributed by atoms with Crippen molar-refractivity contribution in [1.29, 1.82) is 0 Å². The Kier molecular flexibility index (Phi) is 5.56. The van der Waals surface area contributed by atoms with E-state index in [1.807, 2.05) is 24.3 Å². The van der Waals surface area contributed by atoms with Gasteiger partial charge >= 0.3 is 0 Å². The lowest BCUT2D eigenvalue weighted by Crippen LogP contribution is -2.18. The van der Waals surface area contributed by atoms with Gasteiger partial charge < -0.3 is 14.8 Å². The molecule has 1 amide bonds. The summed E-state index contributed by atoms with van der Waals surface area (Å²) >= 11 is 0. The number of amides is 1. The van der Waals surface area contributed by atoms with Gasteiger partial charge in [0.15, 0.2) is 11.5 Å². The Morgan fingerprint density at radius 2 is 1.68 bits per heavy atom. The van der Waals surface area contributed by atoms with Crippen molar-refractivity contribution in [3.63, 3.8) is 0 Å². The lowest BCUT2D eigenvalue weighted by atomic mass is 10.1. The average Bonchev–Trinajstić information content (AvgIpc) is 3.15. The van der Waals surface area contributed by atoms with Crippen LogP contribution in [0.5, 0.6) is 11.5 Å². The molecule has 0 bridgehead atoms. The molecule has 3 rings (SSSR count). The van der Waals surface area contributed by atoms with E-state index in [1.165, 1.54) is 31.5 Å². The number of likely N-dealkylation sites (tertiary alicyclic amines) is 1. The molecule has 0 atom stereocenters. The SMILES string of the molecule is COc1ccc(NC(=O)c2ccc(CN3CCCC3)cc2)cc1OC. The van der Waals surface area contributed by atoms with Crippen LogP contribution >= 0.6 is 0 Å². The summed E-state index contributed by atoms with van der Waals surface area (Å²) in [5.74, 6) is 1.08. The zero-order chi connectivity index (χ0) is 17.6. The second kappa shape index (κ2) is 8.03. The first-order valence-corrected chi connectivity index (χ1v) is 8.54. The summed E-state index contributed by atoms with van der Waals surface area (Å²) in [6.07, 6.45) is 2.57. The molecule has 5 nitrogen and oxygen atoms in total. The molecular formula is C20H24N2O3. The average molecular weight is 340 g/mol. The van der Waals surface area contributed by atoms with Gasteiger partial charge in [0.1, 0.15) is 0 Å². The summed E-state index contributed by atoms with van der Waals surface area (Å²) < 4.78 is 10.5. The number of anilines is 1. The number of carbonyl (C=O) groups excluding carboxylic acids is 1. The van der Waals surface area contributed by atoms with Crippen LogP contribution in [-0.4, -0.2) is 38.1 Å². The number of rotatable bonds is 6. The van der Waals surface area contributed by atoms with Gasteiger partial charge in [-0.2, -0.15) is 0 Å². The molecule has 1 N–H and O–H groups in total. The van der Waals surface area contributed by atoms with Crippen molar-refractivity contribution in [2.45, 2.75) is 19.4 Å². The van der Waals surface area contributed by atoms with Crippen LogP contribution in [-0.2, 0) is 6.54 Å². The fourth-order valence-corrected chi connectivity index (χ4v) is 3.08. The van der Waals surface area contributed by atoms with Crippen molar-refractivity contribution in [3.8, 4) is 11.5 Å². The normalized spacial score (nSPS) is 14.3. The van der Waals surface area contributed by atoms with Gasteiger partial charge in [0.2, 0.25) is 0 Å². The van der Waals surface area contributed by atoms with Gasteiger partial charge in [0.05, 0.1) is 14.2 Å². The molecule has 1 fully saturated rings.